The molecule has 0 bridgehead atoms. The molecule has 0 radical (unpaired) electrons. The number of amides is 1. The molecule has 0 aliphatic rings. The minimum atomic E-state index is -4.46. The van der Waals surface area contributed by atoms with Crippen molar-refractivity contribution in [3.8, 4) is 10.6 Å². The zero-order chi connectivity index (χ0) is 21.9. The van der Waals surface area contributed by atoms with Crippen molar-refractivity contribution in [2.75, 3.05) is 0 Å². The summed E-state index contributed by atoms with van der Waals surface area (Å²) in [4.78, 5) is 11.7. The lowest BCUT2D eigenvalue weighted by molar-refractivity contribution is -0.137. The van der Waals surface area contributed by atoms with Gasteiger partial charge < -0.3 is 5.32 Å². The van der Waals surface area contributed by atoms with Crippen LogP contribution in [0.2, 0.25) is 0 Å². The fourth-order valence-electron chi connectivity index (χ4n) is 2.96. The number of aryl methyl sites for hydroxylation is 1. The lowest BCUT2D eigenvalue weighted by Gasteiger charge is -2.15. The van der Waals surface area contributed by atoms with Crippen molar-refractivity contribution in [2.24, 2.45) is 0 Å². The number of carbonyl (C=O) groups is 1. The van der Waals surface area contributed by atoms with Crippen molar-refractivity contribution in [1.29, 1.82) is 0 Å². The van der Waals surface area contributed by atoms with E-state index >= 15 is 0 Å². The van der Waals surface area contributed by atoms with Crippen LogP contribution in [0.1, 0.15) is 41.6 Å². The second kappa shape index (κ2) is 9.26. The molecule has 30 heavy (non-hydrogen) atoms. The van der Waals surface area contributed by atoms with E-state index in [2.05, 4.69) is 38.4 Å². The Morgan fingerprint density at radius 3 is 2.40 bits per heavy atom. The number of aromatic nitrogens is 2. The summed E-state index contributed by atoms with van der Waals surface area (Å²) in [6.07, 6.45) is -3.03. The normalized spacial score (nSPS) is 12.6. The third-order valence-corrected chi connectivity index (χ3v) is 6.00. The highest BCUT2D eigenvalue weighted by Crippen LogP contribution is 2.36. The minimum Gasteiger partial charge on any atom is -0.347 e. The molecule has 1 aromatic heterocycles. The number of alkyl halides is 3. The quantitative estimate of drug-likeness (QED) is 0.456. The number of carbonyl (C=O) groups excluding carboxylic acids is 1. The minimum absolute atomic E-state index is 0.219. The summed E-state index contributed by atoms with van der Waals surface area (Å²) >= 11 is 4.29. The van der Waals surface area contributed by atoms with Crippen LogP contribution in [0.3, 0.4) is 0 Å². The highest BCUT2D eigenvalue weighted by Gasteiger charge is 2.31. The van der Waals surface area contributed by atoms with Gasteiger partial charge in [-0.3, -0.25) is 4.79 Å². The second-order valence-electron chi connectivity index (χ2n) is 6.80. The fraction of sp³-hybridized carbons (Fsp3) is 0.286. The molecule has 3 aromatic rings. The molecule has 1 heterocycles. The molecule has 0 saturated carbocycles. The molecule has 0 fully saturated rings. The van der Waals surface area contributed by atoms with Crippen molar-refractivity contribution in [1.82, 2.24) is 15.5 Å². The number of nitrogens with one attached hydrogen (secondary N) is 1. The molecule has 3 rings (SSSR count). The van der Waals surface area contributed by atoms with Gasteiger partial charge in [-0.15, -0.1) is 10.2 Å². The Morgan fingerprint density at radius 1 is 1.13 bits per heavy atom. The van der Waals surface area contributed by atoms with Gasteiger partial charge in [-0.1, -0.05) is 58.5 Å². The number of nitrogens with zero attached hydrogens (tertiary/aromatic N) is 2. The smallest absolute Gasteiger partial charge is 0.347 e. The number of halogens is 4. The van der Waals surface area contributed by atoms with Gasteiger partial charge in [0, 0.05) is 17.0 Å². The average molecular weight is 498 g/mol. The van der Waals surface area contributed by atoms with Gasteiger partial charge in [-0.25, -0.2) is 0 Å². The summed E-state index contributed by atoms with van der Waals surface area (Å²) in [7, 11) is 0. The Balaban J connectivity index is 1.90. The van der Waals surface area contributed by atoms with Crippen molar-refractivity contribution in [2.45, 2.75) is 38.9 Å². The molecule has 4 nitrogen and oxygen atoms in total. The first-order valence-electron chi connectivity index (χ1n) is 9.22. The van der Waals surface area contributed by atoms with Gasteiger partial charge in [-0.2, -0.15) is 13.2 Å². The van der Waals surface area contributed by atoms with Crippen molar-refractivity contribution in [3.05, 3.63) is 68.6 Å². The van der Waals surface area contributed by atoms with E-state index in [-0.39, 0.29) is 5.91 Å². The molecule has 1 unspecified atom stereocenters. The molecule has 0 saturated heterocycles. The van der Waals surface area contributed by atoms with E-state index in [1.807, 2.05) is 24.3 Å². The van der Waals surface area contributed by atoms with Crippen LogP contribution in [0.5, 0.6) is 0 Å². The Bertz CT molecular complexity index is 1030. The zero-order valence-corrected chi connectivity index (χ0v) is 18.7. The van der Waals surface area contributed by atoms with Crippen LogP contribution in [0, 0.1) is 0 Å². The van der Waals surface area contributed by atoms with Gasteiger partial charge in [0.15, 0.2) is 0 Å². The van der Waals surface area contributed by atoms with Gasteiger partial charge in [-0.05, 0) is 42.2 Å². The highest BCUT2D eigenvalue weighted by atomic mass is 79.9. The number of benzene rings is 2. The molecule has 2 aromatic carbocycles. The summed E-state index contributed by atoms with van der Waals surface area (Å²) in [5.74, 6) is -0.219. The van der Waals surface area contributed by atoms with Gasteiger partial charge in [0.2, 0.25) is 5.91 Å². The lowest BCUT2D eigenvalue weighted by Crippen LogP contribution is -2.27. The van der Waals surface area contributed by atoms with E-state index in [4.69, 9.17) is 0 Å². The predicted octanol–water partition coefficient (Wildman–Crippen LogP) is 5.97. The van der Waals surface area contributed by atoms with Gasteiger partial charge >= 0.3 is 6.18 Å². The topological polar surface area (TPSA) is 54.9 Å². The van der Waals surface area contributed by atoms with Crippen LogP contribution in [-0.4, -0.2) is 16.1 Å². The molecule has 9 heteroatoms. The maximum atomic E-state index is 13.1. The van der Waals surface area contributed by atoms with Gasteiger partial charge in [0.25, 0.3) is 0 Å². The van der Waals surface area contributed by atoms with Crippen LogP contribution in [-0.2, 0) is 23.8 Å². The number of hydrogen-bond donors (Lipinski definition) is 1. The highest BCUT2D eigenvalue weighted by molar-refractivity contribution is 9.10. The lowest BCUT2D eigenvalue weighted by atomic mass is 10.0. The van der Waals surface area contributed by atoms with Crippen molar-refractivity contribution < 1.29 is 18.0 Å². The third-order valence-electron chi connectivity index (χ3n) is 4.46. The molecule has 0 spiro atoms. The Morgan fingerprint density at radius 2 is 1.80 bits per heavy atom. The van der Waals surface area contributed by atoms with Crippen LogP contribution in [0.4, 0.5) is 13.2 Å². The Hall–Kier alpha value is -2.26. The first-order valence-corrected chi connectivity index (χ1v) is 10.8. The molecule has 0 aliphatic carbocycles. The molecule has 0 aliphatic heterocycles. The third kappa shape index (κ3) is 5.66. The van der Waals surface area contributed by atoms with Crippen molar-refractivity contribution >= 4 is 33.2 Å². The summed E-state index contributed by atoms with van der Waals surface area (Å²) in [5.41, 5.74) is 1.78. The van der Waals surface area contributed by atoms with E-state index in [0.717, 1.165) is 24.1 Å². The number of hydrogen-bond acceptors (Lipinski definition) is 4. The summed E-state index contributed by atoms with van der Waals surface area (Å²) in [6.45, 7) is 3.49. The van der Waals surface area contributed by atoms with E-state index in [9.17, 15) is 18.0 Å². The summed E-state index contributed by atoms with van der Waals surface area (Å²) < 4.78 is 39.7. The second-order valence-corrected chi connectivity index (χ2v) is 8.72. The summed E-state index contributed by atoms with van der Waals surface area (Å²) in [6, 6.07) is 11.3. The van der Waals surface area contributed by atoms with E-state index in [0.29, 0.717) is 26.5 Å². The maximum Gasteiger partial charge on any atom is 0.416 e. The predicted molar refractivity (Wildman–Crippen MR) is 114 cm³/mol. The van der Waals surface area contributed by atoms with Crippen LogP contribution in [0.15, 0.2) is 46.9 Å². The number of rotatable bonds is 6. The molecule has 1 amide bonds. The average Bonchev–Trinajstić information content (AvgIpc) is 3.17. The fourth-order valence-corrected chi connectivity index (χ4v) is 4.34. The summed E-state index contributed by atoms with van der Waals surface area (Å²) in [5, 5.41) is 12.0. The standard InChI is InChI=1S/C21H19BrF3N3OS/c1-3-13-4-6-14(7-5-13)8-18(26-12(2)29)20-28-27-19(30-20)15-9-16(21(23,24)25)11-17(22)10-15/h4-7,9-11,18H,3,8H2,1-2H3,(H,26,29). The van der Waals surface area contributed by atoms with E-state index < -0.39 is 17.8 Å². The molecule has 158 valence electrons. The Labute approximate surface area is 184 Å². The molecular formula is C21H19BrF3N3OS. The van der Waals surface area contributed by atoms with Gasteiger partial charge in [0.05, 0.1) is 11.6 Å². The SMILES string of the molecule is CCc1ccc(CC(NC(C)=O)c2nnc(-c3cc(Br)cc(C(F)(F)F)c3)s2)cc1. The monoisotopic (exact) mass is 497 g/mol. The zero-order valence-electron chi connectivity index (χ0n) is 16.3. The first-order chi connectivity index (χ1) is 14.2. The Kier molecular flexibility index (Phi) is 6.92. The van der Waals surface area contributed by atoms with Crippen LogP contribution >= 0.6 is 27.3 Å². The molecule has 1 atom stereocenters. The van der Waals surface area contributed by atoms with Gasteiger partial charge in [0.1, 0.15) is 10.0 Å². The van der Waals surface area contributed by atoms with Crippen molar-refractivity contribution in [3.63, 3.8) is 0 Å². The van der Waals surface area contributed by atoms with Crippen LogP contribution in [0.25, 0.3) is 10.6 Å². The van der Waals surface area contributed by atoms with E-state index in [1.54, 1.807) is 6.07 Å². The largest absolute Gasteiger partial charge is 0.416 e. The maximum absolute atomic E-state index is 13.1. The first kappa shape index (κ1) is 22.4. The molecule has 1 N–H and O–H groups in total. The van der Waals surface area contributed by atoms with E-state index in [1.165, 1.54) is 23.8 Å². The molecular weight excluding hydrogens is 479 g/mol. The van der Waals surface area contributed by atoms with Crippen LogP contribution < -0.4 is 5.32 Å².